The van der Waals surface area contributed by atoms with Gasteiger partial charge in [0.25, 0.3) is 0 Å². The first-order chi connectivity index (χ1) is 17.1. The van der Waals surface area contributed by atoms with Gasteiger partial charge in [-0.15, -0.1) is 0 Å². The van der Waals surface area contributed by atoms with E-state index >= 15 is 0 Å². The zero-order valence-corrected chi connectivity index (χ0v) is 19.4. The van der Waals surface area contributed by atoms with E-state index in [1.165, 1.54) is 24.8 Å². The molecule has 4 heterocycles. The van der Waals surface area contributed by atoms with Gasteiger partial charge in [-0.05, 0) is 48.7 Å². The van der Waals surface area contributed by atoms with Crippen LogP contribution < -0.4 is 10.6 Å². The molecule has 35 heavy (non-hydrogen) atoms. The summed E-state index contributed by atoms with van der Waals surface area (Å²) in [6.07, 6.45) is 10.9. The minimum atomic E-state index is -0.405. The summed E-state index contributed by atoms with van der Waals surface area (Å²) in [5.74, 6) is 0.355. The first-order valence-electron chi connectivity index (χ1n) is 12.1. The number of hydrogen-bond acceptors (Lipinski definition) is 7. The van der Waals surface area contributed by atoms with Crippen LogP contribution in [0.5, 0.6) is 0 Å². The van der Waals surface area contributed by atoms with Crippen LogP contribution in [0.4, 0.5) is 11.5 Å². The van der Waals surface area contributed by atoms with Crippen molar-refractivity contribution in [1.82, 2.24) is 24.7 Å². The van der Waals surface area contributed by atoms with Gasteiger partial charge >= 0.3 is 0 Å². The van der Waals surface area contributed by atoms with E-state index in [0.717, 1.165) is 53.2 Å². The number of benzene rings is 1. The third kappa shape index (κ3) is 3.63. The van der Waals surface area contributed by atoms with Crippen molar-refractivity contribution in [3.05, 3.63) is 60.2 Å². The number of aliphatic hydroxyl groups excluding tert-OH is 1. The van der Waals surface area contributed by atoms with Crippen LogP contribution in [0, 0.1) is 0 Å². The number of primary amides is 1. The van der Waals surface area contributed by atoms with Crippen LogP contribution in [-0.4, -0.2) is 48.9 Å². The van der Waals surface area contributed by atoms with Gasteiger partial charge in [0.15, 0.2) is 5.82 Å². The minimum Gasteiger partial charge on any atom is -0.394 e. The van der Waals surface area contributed by atoms with Crippen molar-refractivity contribution in [3.63, 3.8) is 0 Å². The van der Waals surface area contributed by atoms with Crippen molar-refractivity contribution in [2.45, 2.75) is 44.1 Å². The highest BCUT2D eigenvalue weighted by Crippen LogP contribution is 2.52. The number of hydrogen-bond donors (Lipinski definition) is 2. The molecule has 1 fully saturated rings. The Hall–Kier alpha value is -3.85. The molecular formula is C26H27N7O2. The van der Waals surface area contributed by atoms with Gasteiger partial charge in [-0.2, -0.15) is 5.10 Å². The van der Waals surface area contributed by atoms with E-state index < -0.39 is 5.91 Å². The molecule has 1 saturated carbocycles. The first kappa shape index (κ1) is 21.7. The Kier molecular flexibility index (Phi) is 5.21. The van der Waals surface area contributed by atoms with Crippen molar-refractivity contribution in [3.8, 4) is 11.3 Å². The third-order valence-electron chi connectivity index (χ3n) is 7.39. The molecule has 1 spiro atoms. The molecule has 6 rings (SSSR count). The van der Waals surface area contributed by atoms with Crippen molar-refractivity contribution >= 4 is 28.4 Å². The average Bonchev–Trinajstić information content (AvgIpc) is 3.47. The lowest BCUT2D eigenvalue weighted by Gasteiger charge is -2.34. The fourth-order valence-electron chi connectivity index (χ4n) is 5.67. The molecule has 1 amide bonds. The number of nitrogens with two attached hydrogens (primary N) is 1. The van der Waals surface area contributed by atoms with Gasteiger partial charge in [0.1, 0.15) is 11.8 Å². The third-order valence-corrected chi connectivity index (χ3v) is 7.39. The standard InChI is InChI=1S/C26H27N7O2/c27-24(35)17-4-7-22-19(12-17)26(8-2-1-3-9-26)15-33(22)25-23-21(28-16-29-25)6-5-20(31-23)18-13-30-32(14-18)10-11-34/h4-7,12-14,16,34H,1-3,8-11,15H2,(H2,27,35). The fraction of sp³-hybridized carbons (Fsp3) is 0.346. The zero-order chi connectivity index (χ0) is 24.0. The number of carbonyl (C=O) groups is 1. The summed E-state index contributed by atoms with van der Waals surface area (Å²) in [7, 11) is 0. The van der Waals surface area contributed by atoms with Gasteiger partial charge in [0.05, 0.1) is 30.6 Å². The van der Waals surface area contributed by atoms with Crippen LogP contribution in [0.15, 0.2) is 49.1 Å². The van der Waals surface area contributed by atoms with Crippen molar-refractivity contribution in [1.29, 1.82) is 0 Å². The van der Waals surface area contributed by atoms with E-state index in [1.54, 1.807) is 23.3 Å². The van der Waals surface area contributed by atoms with Crippen LogP contribution in [-0.2, 0) is 12.0 Å². The molecule has 0 atom stereocenters. The minimum absolute atomic E-state index is 0.0256. The number of nitrogens with zero attached hydrogens (tertiary/aromatic N) is 6. The van der Waals surface area contributed by atoms with E-state index in [4.69, 9.17) is 15.7 Å². The summed E-state index contributed by atoms with van der Waals surface area (Å²) >= 11 is 0. The second-order valence-corrected chi connectivity index (χ2v) is 9.50. The fourth-order valence-corrected chi connectivity index (χ4v) is 5.67. The summed E-state index contributed by atoms with van der Waals surface area (Å²) < 4.78 is 1.70. The maximum Gasteiger partial charge on any atom is 0.248 e. The predicted molar refractivity (Wildman–Crippen MR) is 132 cm³/mol. The molecule has 1 aliphatic heterocycles. The van der Waals surface area contributed by atoms with Gasteiger partial charge in [-0.1, -0.05) is 19.3 Å². The van der Waals surface area contributed by atoms with Gasteiger partial charge in [0, 0.05) is 35.0 Å². The van der Waals surface area contributed by atoms with Crippen LogP contribution in [0.1, 0.15) is 48.0 Å². The van der Waals surface area contributed by atoms with Gasteiger partial charge in [0.2, 0.25) is 5.91 Å². The predicted octanol–water partition coefficient (Wildman–Crippen LogP) is 3.33. The van der Waals surface area contributed by atoms with E-state index in [2.05, 4.69) is 15.0 Å². The summed E-state index contributed by atoms with van der Waals surface area (Å²) in [6, 6.07) is 9.67. The molecule has 2 aliphatic rings. The molecule has 9 heteroatoms. The van der Waals surface area contributed by atoms with Gasteiger partial charge in [-0.25, -0.2) is 15.0 Å². The number of pyridine rings is 1. The van der Waals surface area contributed by atoms with Crippen LogP contribution in [0.3, 0.4) is 0 Å². The molecular weight excluding hydrogens is 442 g/mol. The second-order valence-electron chi connectivity index (χ2n) is 9.50. The van der Waals surface area contributed by atoms with Crippen LogP contribution in [0.25, 0.3) is 22.3 Å². The monoisotopic (exact) mass is 469 g/mol. The van der Waals surface area contributed by atoms with Crippen molar-refractivity contribution in [2.24, 2.45) is 5.73 Å². The Balaban J connectivity index is 1.48. The Morgan fingerprint density at radius 3 is 2.77 bits per heavy atom. The molecule has 3 N–H and O–H groups in total. The molecule has 0 saturated heterocycles. The number of fused-ring (bicyclic) bond motifs is 3. The summed E-state index contributed by atoms with van der Waals surface area (Å²) in [5, 5.41) is 13.5. The van der Waals surface area contributed by atoms with Crippen LogP contribution in [0.2, 0.25) is 0 Å². The average molecular weight is 470 g/mol. The largest absolute Gasteiger partial charge is 0.394 e. The quantitative estimate of drug-likeness (QED) is 0.459. The highest BCUT2D eigenvalue weighted by molar-refractivity contribution is 5.95. The Labute approximate surface area is 202 Å². The molecule has 0 bridgehead atoms. The van der Waals surface area contributed by atoms with E-state index in [9.17, 15) is 9.90 Å². The lowest BCUT2D eigenvalue weighted by molar-refractivity contribution is 0.1000. The number of rotatable bonds is 5. The van der Waals surface area contributed by atoms with E-state index in [1.807, 2.05) is 30.5 Å². The van der Waals surface area contributed by atoms with Gasteiger partial charge in [-0.3, -0.25) is 9.48 Å². The molecule has 178 valence electrons. The van der Waals surface area contributed by atoms with Crippen molar-refractivity contribution < 1.29 is 9.90 Å². The highest BCUT2D eigenvalue weighted by Gasteiger charge is 2.44. The normalized spacial score (nSPS) is 16.7. The lowest BCUT2D eigenvalue weighted by atomic mass is 9.70. The smallest absolute Gasteiger partial charge is 0.248 e. The molecule has 1 aromatic carbocycles. The molecule has 1 aliphatic carbocycles. The topological polar surface area (TPSA) is 123 Å². The summed E-state index contributed by atoms with van der Waals surface area (Å²) in [6.45, 7) is 1.25. The number of amides is 1. The summed E-state index contributed by atoms with van der Waals surface area (Å²) in [5.41, 5.74) is 11.5. The molecule has 3 aromatic heterocycles. The highest BCUT2D eigenvalue weighted by atomic mass is 16.3. The van der Waals surface area contributed by atoms with Crippen LogP contribution >= 0.6 is 0 Å². The second kappa shape index (κ2) is 8.42. The first-order valence-corrected chi connectivity index (χ1v) is 12.1. The van der Waals surface area contributed by atoms with Crippen molar-refractivity contribution in [2.75, 3.05) is 18.1 Å². The Morgan fingerprint density at radius 1 is 1.11 bits per heavy atom. The molecule has 0 unspecified atom stereocenters. The number of carbonyl (C=O) groups excluding carboxylic acids is 1. The summed E-state index contributed by atoms with van der Waals surface area (Å²) in [4.78, 5) is 28.3. The molecule has 0 radical (unpaired) electrons. The molecule has 4 aromatic rings. The van der Waals surface area contributed by atoms with E-state index in [-0.39, 0.29) is 12.0 Å². The molecule has 9 nitrogen and oxygen atoms in total. The number of anilines is 2. The van der Waals surface area contributed by atoms with E-state index in [0.29, 0.717) is 12.1 Å². The lowest BCUT2D eigenvalue weighted by Crippen LogP contribution is -2.34. The Bertz CT molecular complexity index is 1420. The SMILES string of the molecule is NC(=O)c1ccc2c(c1)C1(CCCCC1)CN2c1ncnc2ccc(-c3cnn(CCO)c3)nc12. The maximum absolute atomic E-state index is 12.0. The van der Waals surface area contributed by atoms with Gasteiger partial charge < -0.3 is 15.7 Å². The zero-order valence-electron chi connectivity index (χ0n) is 19.4. The maximum atomic E-state index is 12.0. The number of aromatic nitrogens is 5. The number of aliphatic hydroxyl groups is 1. The Morgan fingerprint density at radius 2 is 1.97 bits per heavy atom.